The van der Waals surface area contributed by atoms with Crippen LogP contribution in [0.3, 0.4) is 0 Å². The number of methoxy groups -OCH3 is 1. The van der Waals surface area contributed by atoms with E-state index in [9.17, 15) is 5.26 Å². The van der Waals surface area contributed by atoms with Crippen molar-refractivity contribution >= 4 is 0 Å². The molecule has 0 heterocycles. The molecule has 20 heavy (non-hydrogen) atoms. The van der Waals surface area contributed by atoms with Crippen molar-refractivity contribution < 1.29 is 4.74 Å². The third-order valence-electron chi connectivity index (χ3n) is 3.60. The van der Waals surface area contributed by atoms with Crippen LogP contribution in [0.4, 0.5) is 0 Å². The molecule has 0 bridgehead atoms. The zero-order valence-electron chi connectivity index (χ0n) is 12.2. The summed E-state index contributed by atoms with van der Waals surface area (Å²) in [6.45, 7) is 4.18. The lowest BCUT2D eigenvalue weighted by molar-refractivity contribution is 0.414. The Morgan fingerprint density at radius 3 is 2.40 bits per heavy atom. The zero-order chi connectivity index (χ0) is 14.5. The molecule has 0 radical (unpaired) electrons. The summed E-state index contributed by atoms with van der Waals surface area (Å²) in [4.78, 5) is 0. The molecule has 0 aromatic heterocycles. The van der Waals surface area contributed by atoms with E-state index in [1.807, 2.05) is 24.3 Å². The predicted octanol–water partition coefficient (Wildman–Crippen LogP) is 4.16. The molecule has 0 aliphatic rings. The van der Waals surface area contributed by atoms with Crippen LogP contribution < -0.4 is 4.74 Å². The highest BCUT2D eigenvalue weighted by Gasteiger charge is 2.13. The minimum atomic E-state index is -0.124. The highest BCUT2D eigenvalue weighted by molar-refractivity contribution is 5.37. The smallest absolute Gasteiger partial charge is 0.118 e. The Labute approximate surface area is 120 Å². The molecule has 0 saturated heterocycles. The van der Waals surface area contributed by atoms with E-state index >= 15 is 0 Å². The van der Waals surface area contributed by atoms with E-state index in [-0.39, 0.29) is 5.92 Å². The summed E-state index contributed by atoms with van der Waals surface area (Å²) in [6.07, 6.45) is 0.746. The van der Waals surface area contributed by atoms with Gasteiger partial charge in [-0.15, -0.1) is 0 Å². The van der Waals surface area contributed by atoms with Crippen LogP contribution in [0.1, 0.15) is 28.2 Å². The molecule has 0 fully saturated rings. The van der Waals surface area contributed by atoms with Gasteiger partial charge in [0.2, 0.25) is 0 Å². The van der Waals surface area contributed by atoms with E-state index in [4.69, 9.17) is 4.74 Å². The van der Waals surface area contributed by atoms with Crippen LogP contribution in [-0.4, -0.2) is 7.11 Å². The summed E-state index contributed by atoms with van der Waals surface area (Å²) >= 11 is 0. The molecule has 0 N–H and O–H groups in total. The molecule has 2 heteroatoms. The van der Waals surface area contributed by atoms with Crippen molar-refractivity contribution in [2.45, 2.75) is 26.2 Å². The molecule has 2 rings (SSSR count). The van der Waals surface area contributed by atoms with E-state index in [0.717, 1.165) is 17.7 Å². The Hall–Kier alpha value is -2.27. The molecule has 102 valence electrons. The SMILES string of the molecule is COc1ccc(C(C#N)Cc2cc(C)ccc2C)cc1. The summed E-state index contributed by atoms with van der Waals surface area (Å²) in [5.41, 5.74) is 4.75. The van der Waals surface area contributed by atoms with Gasteiger partial charge in [0.1, 0.15) is 5.75 Å². The second kappa shape index (κ2) is 6.25. The maximum Gasteiger partial charge on any atom is 0.118 e. The third-order valence-corrected chi connectivity index (χ3v) is 3.60. The summed E-state index contributed by atoms with van der Waals surface area (Å²) in [5, 5.41) is 9.45. The van der Waals surface area contributed by atoms with Crippen molar-refractivity contribution in [2.75, 3.05) is 7.11 Å². The molecule has 0 saturated carbocycles. The largest absolute Gasteiger partial charge is 0.497 e. The van der Waals surface area contributed by atoms with Gasteiger partial charge in [-0.2, -0.15) is 5.26 Å². The fourth-order valence-electron chi connectivity index (χ4n) is 2.31. The Morgan fingerprint density at radius 2 is 1.80 bits per heavy atom. The lowest BCUT2D eigenvalue weighted by atomic mass is 9.90. The first-order valence-electron chi connectivity index (χ1n) is 6.73. The fraction of sp³-hybridized carbons (Fsp3) is 0.278. The Morgan fingerprint density at radius 1 is 1.10 bits per heavy atom. The monoisotopic (exact) mass is 265 g/mol. The van der Waals surface area contributed by atoms with Crippen LogP contribution in [0.2, 0.25) is 0 Å². The maximum absolute atomic E-state index is 9.45. The van der Waals surface area contributed by atoms with Crippen LogP contribution >= 0.6 is 0 Å². The Bertz CT molecular complexity index is 623. The van der Waals surface area contributed by atoms with Crippen molar-refractivity contribution in [3.8, 4) is 11.8 Å². The second-order valence-corrected chi connectivity index (χ2v) is 5.09. The Balaban J connectivity index is 2.24. The summed E-state index contributed by atoms with van der Waals surface area (Å²) in [7, 11) is 1.65. The van der Waals surface area contributed by atoms with Crippen LogP contribution in [-0.2, 0) is 6.42 Å². The van der Waals surface area contributed by atoms with Gasteiger partial charge in [0.15, 0.2) is 0 Å². The average molecular weight is 265 g/mol. The number of benzene rings is 2. The van der Waals surface area contributed by atoms with Gasteiger partial charge >= 0.3 is 0 Å². The number of ether oxygens (including phenoxy) is 1. The molecule has 2 nitrogen and oxygen atoms in total. The number of hydrogen-bond donors (Lipinski definition) is 0. The van der Waals surface area contributed by atoms with Crippen LogP contribution in [0.5, 0.6) is 5.75 Å². The van der Waals surface area contributed by atoms with Gasteiger partial charge in [0.05, 0.1) is 19.1 Å². The van der Waals surface area contributed by atoms with Crippen LogP contribution in [0.25, 0.3) is 0 Å². The van der Waals surface area contributed by atoms with Crippen LogP contribution in [0, 0.1) is 25.2 Å². The van der Waals surface area contributed by atoms with Crippen molar-refractivity contribution in [2.24, 2.45) is 0 Å². The van der Waals surface area contributed by atoms with Gasteiger partial charge in [0.25, 0.3) is 0 Å². The van der Waals surface area contributed by atoms with Gasteiger partial charge < -0.3 is 4.74 Å². The molecule has 2 aromatic rings. The van der Waals surface area contributed by atoms with Gasteiger partial charge in [-0.1, -0.05) is 35.9 Å². The molecule has 2 aromatic carbocycles. The Kier molecular flexibility index (Phi) is 4.42. The lowest BCUT2D eigenvalue weighted by Gasteiger charge is -2.13. The topological polar surface area (TPSA) is 33.0 Å². The highest BCUT2D eigenvalue weighted by Crippen LogP contribution is 2.24. The normalized spacial score (nSPS) is 11.7. The first kappa shape index (κ1) is 14.1. The quantitative estimate of drug-likeness (QED) is 0.831. The van der Waals surface area contributed by atoms with E-state index < -0.39 is 0 Å². The summed E-state index contributed by atoms with van der Waals surface area (Å²) in [6, 6.07) is 16.6. The minimum absolute atomic E-state index is 0.124. The fourth-order valence-corrected chi connectivity index (χ4v) is 2.31. The average Bonchev–Trinajstić information content (AvgIpc) is 2.48. The van der Waals surface area contributed by atoms with E-state index in [2.05, 4.69) is 38.1 Å². The zero-order valence-corrected chi connectivity index (χ0v) is 12.2. The molecule has 1 unspecified atom stereocenters. The maximum atomic E-state index is 9.45. The van der Waals surface area contributed by atoms with Crippen molar-refractivity contribution in [3.63, 3.8) is 0 Å². The molecule has 0 amide bonds. The van der Waals surface area contributed by atoms with Crippen molar-refractivity contribution in [1.29, 1.82) is 5.26 Å². The van der Waals surface area contributed by atoms with Crippen molar-refractivity contribution in [1.82, 2.24) is 0 Å². The van der Waals surface area contributed by atoms with E-state index in [0.29, 0.717) is 0 Å². The molecule has 0 aliphatic heterocycles. The van der Waals surface area contributed by atoms with Gasteiger partial charge in [-0.05, 0) is 49.1 Å². The van der Waals surface area contributed by atoms with E-state index in [1.54, 1.807) is 7.11 Å². The first-order valence-corrected chi connectivity index (χ1v) is 6.73. The minimum Gasteiger partial charge on any atom is -0.497 e. The highest BCUT2D eigenvalue weighted by atomic mass is 16.5. The number of nitrogens with zero attached hydrogens (tertiary/aromatic N) is 1. The number of hydrogen-bond acceptors (Lipinski definition) is 2. The number of rotatable bonds is 4. The third kappa shape index (κ3) is 3.19. The standard InChI is InChI=1S/C18H19NO/c1-13-4-5-14(2)16(10-13)11-17(12-19)15-6-8-18(20-3)9-7-15/h4-10,17H,11H2,1-3H3. The summed E-state index contributed by atoms with van der Waals surface area (Å²) < 4.78 is 5.15. The predicted molar refractivity (Wildman–Crippen MR) is 81.0 cm³/mol. The van der Waals surface area contributed by atoms with Crippen molar-refractivity contribution in [3.05, 3.63) is 64.7 Å². The molecule has 0 spiro atoms. The molecular formula is C18H19NO. The van der Waals surface area contributed by atoms with Gasteiger partial charge in [-0.25, -0.2) is 0 Å². The summed E-state index contributed by atoms with van der Waals surface area (Å²) in [5.74, 6) is 0.693. The van der Waals surface area contributed by atoms with E-state index in [1.165, 1.54) is 16.7 Å². The van der Waals surface area contributed by atoms with Gasteiger partial charge in [-0.3, -0.25) is 0 Å². The lowest BCUT2D eigenvalue weighted by Crippen LogP contribution is -2.02. The number of aryl methyl sites for hydroxylation is 2. The molecule has 0 aliphatic carbocycles. The van der Waals surface area contributed by atoms with Gasteiger partial charge in [0, 0.05) is 0 Å². The van der Waals surface area contributed by atoms with Crippen LogP contribution in [0.15, 0.2) is 42.5 Å². The second-order valence-electron chi connectivity index (χ2n) is 5.09. The number of nitriles is 1. The first-order chi connectivity index (χ1) is 9.63. The molecular weight excluding hydrogens is 246 g/mol. The molecule has 1 atom stereocenters.